The van der Waals surface area contributed by atoms with Crippen LogP contribution in [-0.4, -0.2) is 44.4 Å². The van der Waals surface area contributed by atoms with Crippen LogP contribution < -0.4 is 11.1 Å². The van der Waals surface area contributed by atoms with Crippen LogP contribution in [0.15, 0.2) is 5.38 Å². The van der Waals surface area contributed by atoms with E-state index < -0.39 is 0 Å². The predicted molar refractivity (Wildman–Crippen MR) is 61.5 cm³/mol. The molecule has 1 aromatic rings. The third kappa shape index (κ3) is 3.76. The highest BCUT2D eigenvalue weighted by Crippen LogP contribution is 2.10. The van der Waals surface area contributed by atoms with Crippen molar-refractivity contribution < 1.29 is 14.3 Å². The van der Waals surface area contributed by atoms with E-state index in [1.165, 1.54) is 11.3 Å². The number of hydrogen-bond acceptors (Lipinski definition) is 6. The second-order valence-corrected chi connectivity index (χ2v) is 3.98. The molecule has 1 unspecified atom stereocenters. The van der Waals surface area contributed by atoms with Crippen LogP contribution in [0.4, 0.5) is 5.13 Å². The van der Waals surface area contributed by atoms with Crippen LogP contribution in [-0.2, 0) is 9.47 Å². The van der Waals surface area contributed by atoms with Crippen molar-refractivity contribution in [2.75, 3.05) is 33.1 Å². The van der Waals surface area contributed by atoms with Gasteiger partial charge < -0.3 is 20.5 Å². The molecule has 0 aliphatic rings. The lowest BCUT2D eigenvalue weighted by Crippen LogP contribution is -2.35. The number of amides is 1. The van der Waals surface area contributed by atoms with Gasteiger partial charge in [0, 0.05) is 26.1 Å². The van der Waals surface area contributed by atoms with Crippen molar-refractivity contribution in [3.8, 4) is 0 Å². The first-order chi connectivity index (χ1) is 7.67. The first kappa shape index (κ1) is 12.9. The van der Waals surface area contributed by atoms with E-state index in [1.54, 1.807) is 19.6 Å². The number of nitrogens with one attached hydrogen (secondary N) is 1. The second-order valence-electron chi connectivity index (χ2n) is 3.09. The van der Waals surface area contributed by atoms with Crippen molar-refractivity contribution in [1.82, 2.24) is 10.3 Å². The van der Waals surface area contributed by atoms with Crippen LogP contribution in [0, 0.1) is 0 Å². The number of hydrogen-bond donors (Lipinski definition) is 2. The van der Waals surface area contributed by atoms with Crippen LogP contribution in [0.2, 0.25) is 0 Å². The number of nitrogens with two attached hydrogens (primary N) is 1. The van der Waals surface area contributed by atoms with Crippen LogP contribution in [0.25, 0.3) is 0 Å². The zero-order chi connectivity index (χ0) is 12.0. The summed E-state index contributed by atoms with van der Waals surface area (Å²) < 4.78 is 10.0. The molecule has 1 heterocycles. The lowest BCUT2D eigenvalue weighted by molar-refractivity contribution is 0.0285. The number of ether oxygens (including phenoxy) is 2. The summed E-state index contributed by atoms with van der Waals surface area (Å²) in [6.45, 7) is 0.802. The summed E-state index contributed by atoms with van der Waals surface area (Å²) in [5, 5.41) is 4.69. The Morgan fingerprint density at radius 2 is 2.44 bits per heavy atom. The molecule has 0 fully saturated rings. The molecule has 0 bridgehead atoms. The van der Waals surface area contributed by atoms with E-state index in [1.807, 2.05) is 0 Å². The average Bonchev–Trinajstić information content (AvgIpc) is 2.70. The highest BCUT2D eigenvalue weighted by Gasteiger charge is 2.12. The maximum Gasteiger partial charge on any atom is 0.270 e. The highest BCUT2D eigenvalue weighted by molar-refractivity contribution is 7.13. The van der Waals surface area contributed by atoms with Gasteiger partial charge in [0.15, 0.2) is 5.13 Å². The first-order valence-electron chi connectivity index (χ1n) is 4.68. The van der Waals surface area contributed by atoms with Crippen LogP contribution in [0.5, 0.6) is 0 Å². The monoisotopic (exact) mass is 245 g/mol. The Kier molecular flexibility index (Phi) is 5.17. The van der Waals surface area contributed by atoms with Crippen molar-refractivity contribution >= 4 is 22.4 Å². The molecular weight excluding hydrogens is 230 g/mol. The summed E-state index contributed by atoms with van der Waals surface area (Å²) in [6.07, 6.45) is -0.162. The van der Waals surface area contributed by atoms with Crippen molar-refractivity contribution in [1.29, 1.82) is 0 Å². The minimum atomic E-state index is -0.258. The number of carbonyl (C=O) groups is 1. The van der Waals surface area contributed by atoms with Crippen LogP contribution >= 0.6 is 11.3 Å². The first-order valence-corrected chi connectivity index (χ1v) is 5.56. The standard InChI is InChI=1S/C9H15N3O3S/c1-14-4-6(15-2)3-11-8(13)7-5-16-9(10)12-7/h5-6H,3-4H2,1-2H3,(H2,10,12)(H,11,13). The molecule has 16 heavy (non-hydrogen) atoms. The number of thiazole rings is 1. The zero-order valence-electron chi connectivity index (χ0n) is 9.23. The van der Waals surface area contributed by atoms with E-state index >= 15 is 0 Å². The third-order valence-corrected chi connectivity index (χ3v) is 2.60. The molecule has 6 nitrogen and oxygen atoms in total. The molecule has 1 amide bonds. The van der Waals surface area contributed by atoms with Crippen molar-refractivity contribution in [3.63, 3.8) is 0 Å². The molecule has 0 aromatic carbocycles. The lowest BCUT2D eigenvalue weighted by Gasteiger charge is -2.14. The highest BCUT2D eigenvalue weighted by atomic mass is 32.1. The average molecular weight is 245 g/mol. The molecule has 3 N–H and O–H groups in total. The van der Waals surface area contributed by atoms with Gasteiger partial charge in [-0.15, -0.1) is 11.3 Å². The number of nitrogens with zero attached hydrogens (tertiary/aromatic N) is 1. The van der Waals surface area contributed by atoms with Gasteiger partial charge in [-0.1, -0.05) is 0 Å². The van der Waals surface area contributed by atoms with Crippen molar-refractivity contribution in [2.45, 2.75) is 6.10 Å². The van der Waals surface area contributed by atoms with Crippen molar-refractivity contribution in [2.24, 2.45) is 0 Å². The second kappa shape index (κ2) is 6.41. The fourth-order valence-electron chi connectivity index (χ4n) is 1.09. The number of rotatable bonds is 6. The maximum absolute atomic E-state index is 11.6. The van der Waals surface area contributed by atoms with Crippen LogP contribution in [0.1, 0.15) is 10.5 Å². The molecule has 1 atom stereocenters. The summed E-state index contributed by atoms with van der Waals surface area (Å²) in [5.41, 5.74) is 5.76. The Morgan fingerprint density at radius 1 is 1.69 bits per heavy atom. The summed E-state index contributed by atoms with van der Waals surface area (Å²) in [6, 6.07) is 0. The summed E-state index contributed by atoms with van der Waals surface area (Å²) in [4.78, 5) is 15.4. The quantitative estimate of drug-likeness (QED) is 0.743. The van der Waals surface area contributed by atoms with Gasteiger partial charge >= 0.3 is 0 Å². The Labute approximate surface area is 97.8 Å². The van der Waals surface area contributed by atoms with Gasteiger partial charge in [0.2, 0.25) is 0 Å². The molecule has 1 aromatic heterocycles. The van der Waals surface area contributed by atoms with E-state index in [-0.39, 0.29) is 12.0 Å². The molecule has 0 aliphatic carbocycles. The minimum absolute atomic E-state index is 0.162. The molecule has 1 rings (SSSR count). The Bertz CT molecular complexity index is 342. The molecule has 0 saturated heterocycles. The molecule has 7 heteroatoms. The smallest absolute Gasteiger partial charge is 0.270 e. The molecular formula is C9H15N3O3S. The minimum Gasteiger partial charge on any atom is -0.382 e. The molecule has 0 radical (unpaired) electrons. The van der Waals surface area contributed by atoms with Crippen LogP contribution in [0.3, 0.4) is 0 Å². The van der Waals surface area contributed by atoms with E-state index in [0.717, 1.165) is 0 Å². The summed E-state index contributed by atoms with van der Waals surface area (Å²) in [7, 11) is 3.14. The normalized spacial score (nSPS) is 12.4. The van der Waals surface area contributed by atoms with Gasteiger partial charge in [0.05, 0.1) is 12.7 Å². The number of carbonyl (C=O) groups excluding carboxylic acids is 1. The van der Waals surface area contributed by atoms with E-state index in [0.29, 0.717) is 24.0 Å². The predicted octanol–water partition coefficient (Wildman–Crippen LogP) is 0.116. The molecule has 90 valence electrons. The van der Waals surface area contributed by atoms with Crippen molar-refractivity contribution in [3.05, 3.63) is 11.1 Å². The fraction of sp³-hybridized carbons (Fsp3) is 0.556. The zero-order valence-corrected chi connectivity index (χ0v) is 10.0. The Morgan fingerprint density at radius 3 is 2.94 bits per heavy atom. The largest absolute Gasteiger partial charge is 0.382 e. The molecule has 0 aliphatic heterocycles. The third-order valence-electron chi connectivity index (χ3n) is 1.93. The number of nitrogen functional groups attached to an aromatic ring is 1. The van der Waals surface area contributed by atoms with E-state index in [4.69, 9.17) is 15.2 Å². The Hall–Kier alpha value is -1.18. The van der Waals surface area contributed by atoms with Gasteiger partial charge in [-0.2, -0.15) is 0 Å². The SMILES string of the molecule is COCC(CNC(=O)c1csc(N)n1)OC. The lowest BCUT2D eigenvalue weighted by atomic mass is 10.3. The van der Waals surface area contributed by atoms with Gasteiger partial charge in [-0.05, 0) is 0 Å². The molecule has 0 saturated carbocycles. The summed E-state index contributed by atoms with van der Waals surface area (Å²) >= 11 is 1.23. The summed E-state index contributed by atoms with van der Waals surface area (Å²) in [5.74, 6) is -0.258. The number of aromatic nitrogens is 1. The van der Waals surface area contributed by atoms with E-state index in [2.05, 4.69) is 10.3 Å². The number of anilines is 1. The number of methoxy groups -OCH3 is 2. The van der Waals surface area contributed by atoms with Gasteiger partial charge in [-0.25, -0.2) is 4.98 Å². The molecule has 0 spiro atoms. The fourth-order valence-corrected chi connectivity index (χ4v) is 1.63. The van der Waals surface area contributed by atoms with E-state index in [9.17, 15) is 4.79 Å². The maximum atomic E-state index is 11.6. The van der Waals surface area contributed by atoms with Gasteiger partial charge in [-0.3, -0.25) is 4.79 Å². The topological polar surface area (TPSA) is 86.5 Å². The van der Waals surface area contributed by atoms with Gasteiger partial charge in [0.25, 0.3) is 5.91 Å². The Balaban J connectivity index is 2.40. The van der Waals surface area contributed by atoms with Gasteiger partial charge in [0.1, 0.15) is 5.69 Å².